The lowest BCUT2D eigenvalue weighted by molar-refractivity contribution is 0.105. The summed E-state index contributed by atoms with van der Waals surface area (Å²) >= 11 is 6.95. The fourth-order valence-electron chi connectivity index (χ4n) is 0.680. The molecule has 0 unspecified atom stereocenters. The van der Waals surface area contributed by atoms with Crippen LogP contribution in [-0.2, 0) is 0 Å². The summed E-state index contributed by atoms with van der Waals surface area (Å²) in [6.45, 7) is 1.81. The zero-order valence-electron chi connectivity index (χ0n) is 6.00. The van der Waals surface area contributed by atoms with Gasteiger partial charge in [-0.2, -0.15) is 0 Å². The number of carbonyl (C=O) groups excluding carboxylic acids is 1. The van der Waals surface area contributed by atoms with E-state index >= 15 is 0 Å². The third kappa shape index (κ3) is 2.17. The fourth-order valence-corrected chi connectivity index (χ4v) is 1.64. The van der Waals surface area contributed by atoms with Crippen molar-refractivity contribution in [3.05, 3.63) is 33.5 Å². The van der Waals surface area contributed by atoms with E-state index in [-0.39, 0.29) is 5.78 Å². The summed E-state index contributed by atoms with van der Waals surface area (Å²) < 4.78 is 0.651. The Morgan fingerprint density at radius 1 is 1.64 bits per heavy atom. The highest BCUT2D eigenvalue weighted by Crippen LogP contribution is 2.21. The zero-order chi connectivity index (χ0) is 8.27. The van der Waals surface area contributed by atoms with E-state index in [2.05, 4.69) is 0 Å². The van der Waals surface area contributed by atoms with Gasteiger partial charge in [0, 0.05) is 0 Å². The van der Waals surface area contributed by atoms with Gasteiger partial charge in [0.2, 0.25) is 0 Å². The highest BCUT2D eigenvalue weighted by molar-refractivity contribution is 7.18. The van der Waals surface area contributed by atoms with Crippen molar-refractivity contribution in [3.63, 3.8) is 0 Å². The topological polar surface area (TPSA) is 17.1 Å². The van der Waals surface area contributed by atoms with Gasteiger partial charge in [-0.3, -0.25) is 4.79 Å². The predicted molar refractivity (Wildman–Crippen MR) is 48.5 cm³/mol. The number of carbonyl (C=O) groups is 1. The molecule has 1 nitrogen and oxygen atoms in total. The molecule has 0 atom stereocenters. The number of ketones is 1. The maximum Gasteiger partial charge on any atom is 0.195 e. The number of allylic oxidation sites excluding steroid dienone is 2. The Bertz CT molecular complexity index is 288. The van der Waals surface area contributed by atoms with Crippen molar-refractivity contribution in [2.45, 2.75) is 6.92 Å². The van der Waals surface area contributed by atoms with Crippen LogP contribution in [0.5, 0.6) is 0 Å². The molecule has 1 heterocycles. The summed E-state index contributed by atoms with van der Waals surface area (Å²) in [5.41, 5.74) is 0. The van der Waals surface area contributed by atoms with Crippen LogP contribution < -0.4 is 0 Å². The molecule has 0 N–H and O–H groups in total. The van der Waals surface area contributed by atoms with Crippen molar-refractivity contribution in [3.8, 4) is 0 Å². The van der Waals surface area contributed by atoms with Crippen LogP contribution in [0.15, 0.2) is 24.3 Å². The summed E-state index contributed by atoms with van der Waals surface area (Å²) in [5, 5.41) is 0. The SMILES string of the molecule is C/C=C/C(=O)c1ccc(Cl)s1. The first-order valence-corrected chi connectivity index (χ1v) is 4.36. The monoisotopic (exact) mass is 186 g/mol. The van der Waals surface area contributed by atoms with Crippen LogP contribution in [0.1, 0.15) is 16.6 Å². The first-order chi connectivity index (χ1) is 5.24. The first kappa shape index (κ1) is 8.50. The Labute approximate surface area is 74.3 Å². The molecule has 58 valence electrons. The van der Waals surface area contributed by atoms with Gasteiger partial charge >= 0.3 is 0 Å². The Morgan fingerprint density at radius 2 is 2.36 bits per heavy atom. The Balaban J connectivity index is 2.85. The van der Waals surface area contributed by atoms with E-state index in [1.807, 2.05) is 6.92 Å². The van der Waals surface area contributed by atoms with Crippen LogP contribution in [0, 0.1) is 0 Å². The maximum atomic E-state index is 11.1. The summed E-state index contributed by atoms with van der Waals surface area (Å²) in [6.07, 6.45) is 3.25. The minimum absolute atomic E-state index is 0.0180. The van der Waals surface area contributed by atoms with Gasteiger partial charge in [0.1, 0.15) is 0 Å². The lowest BCUT2D eigenvalue weighted by atomic mass is 10.3. The molecule has 0 amide bonds. The van der Waals surface area contributed by atoms with E-state index in [1.54, 1.807) is 18.2 Å². The molecular weight excluding hydrogens is 180 g/mol. The highest BCUT2D eigenvalue weighted by atomic mass is 35.5. The molecule has 0 aliphatic rings. The zero-order valence-corrected chi connectivity index (χ0v) is 7.58. The van der Waals surface area contributed by atoms with Gasteiger partial charge in [0.15, 0.2) is 5.78 Å². The minimum atomic E-state index is 0.0180. The number of thiophene rings is 1. The molecule has 3 heteroatoms. The Kier molecular flexibility index (Phi) is 2.85. The number of halogens is 1. The number of hydrogen-bond donors (Lipinski definition) is 0. The maximum absolute atomic E-state index is 11.1. The quantitative estimate of drug-likeness (QED) is 0.512. The smallest absolute Gasteiger partial charge is 0.195 e. The molecule has 0 saturated heterocycles. The van der Waals surface area contributed by atoms with Crippen LogP contribution in [0.3, 0.4) is 0 Å². The van der Waals surface area contributed by atoms with Crippen molar-refractivity contribution in [2.75, 3.05) is 0 Å². The van der Waals surface area contributed by atoms with E-state index in [0.29, 0.717) is 9.21 Å². The van der Waals surface area contributed by atoms with Crippen molar-refractivity contribution in [2.24, 2.45) is 0 Å². The van der Waals surface area contributed by atoms with E-state index in [9.17, 15) is 4.79 Å². The molecule has 11 heavy (non-hydrogen) atoms. The summed E-state index contributed by atoms with van der Waals surface area (Å²) in [6, 6.07) is 3.46. The highest BCUT2D eigenvalue weighted by Gasteiger charge is 2.03. The third-order valence-corrected chi connectivity index (χ3v) is 2.38. The molecule has 0 fully saturated rings. The lowest BCUT2D eigenvalue weighted by Gasteiger charge is -1.84. The molecule has 1 aromatic rings. The minimum Gasteiger partial charge on any atom is -0.288 e. The van der Waals surface area contributed by atoms with Crippen LogP contribution in [-0.4, -0.2) is 5.78 Å². The van der Waals surface area contributed by atoms with Gasteiger partial charge in [-0.05, 0) is 25.1 Å². The van der Waals surface area contributed by atoms with Crippen molar-refractivity contribution >= 4 is 28.7 Å². The van der Waals surface area contributed by atoms with Gasteiger partial charge in [-0.25, -0.2) is 0 Å². The van der Waals surface area contributed by atoms with Gasteiger partial charge in [-0.1, -0.05) is 17.7 Å². The second kappa shape index (κ2) is 3.69. The molecule has 1 aromatic heterocycles. The molecule has 0 bridgehead atoms. The second-order valence-electron chi connectivity index (χ2n) is 1.97. The van der Waals surface area contributed by atoms with Crippen LogP contribution in [0.2, 0.25) is 4.34 Å². The van der Waals surface area contributed by atoms with Gasteiger partial charge < -0.3 is 0 Å². The first-order valence-electron chi connectivity index (χ1n) is 3.16. The van der Waals surface area contributed by atoms with Gasteiger partial charge in [0.05, 0.1) is 9.21 Å². The number of rotatable bonds is 2. The molecule has 0 aliphatic carbocycles. The fraction of sp³-hybridized carbons (Fsp3) is 0.125. The van der Waals surface area contributed by atoms with Gasteiger partial charge in [-0.15, -0.1) is 11.3 Å². The van der Waals surface area contributed by atoms with Gasteiger partial charge in [0.25, 0.3) is 0 Å². The summed E-state index contributed by atoms with van der Waals surface area (Å²) in [7, 11) is 0. The lowest BCUT2D eigenvalue weighted by Crippen LogP contribution is -1.87. The molecule has 0 aromatic carbocycles. The average molecular weight is 187 g/mol. The Hall–Kier alpha value is -0.600. The average Bonchev–Trinajstić information content (AvgIpc) is 2.36. The van der Waals surface area contributed by atoms with Crippen molar-refractivity contribution in [1.29, 1.82) is 0 Å². The molecule has 0 spiro atoms. The summed E-state index contributed by atoms with van der Waals surface area (Å²) in [4.78, 5) is 11.8. The molecule has 0 aliphatic heterocycles. The number of hydrogen-bond acceptors (Lipinski definition) is 2. The predicted octanol–water partition coefficient (Wildman–Crippen LogP) is 3.16. The summed E-state index contributed by atoms with van der Waals surface area (Å²) in [5.74, 6) is 0.0180. The van der Waals surface area contributed by atoms with E-state index in [4.69, 9.17) is 11.6 Å². The van der Waals surface area contributed by atoms with E-state index < -0.39 is 0 Å². The normalized spacial score (nSPS) is 10.7. The molecule has 1 rings (SSSR count). The van der Waals surface area contributed by atoms with Crippen molar-refractivity contribution < 1.29 is 4.79 Å². The van der Waals surface area contributed by atoms with E-state index in [1.165, 1.54) is 17.4 Å². The third-order valence-electron chi connectivity index (χ3n) is 1.13. The van der Waals surface area contributed by atoms with Crippen LogP contribution >= 0.6 is 22.9 Å². The van der Waals surface area contributed by atoms with Crippen molar-refractivity contribution in [1.82, 2.24) is 0 Å². The molecule has 0 radical (unpaired) electrons. The Morgan fingerprint density at radius 3 is 2.82 bits per heavy atom. The van der Waals surface area contributed by atoms with Crippen LogP contribution in [0.4, 0.5) is 0 Å². The second-order valence-corrected chi connectivity index (χ2v) is 3.68. The molecular formula is C8H7ClOS. The van der Waals surface area contributed by atoms with E-state index in [0.717, 1.165) is 0 Å². The largest absolute Gasteiger partial charge is 0.288 e. The molecule has 0 saturated carbocycles. The standard InChI is InChI=1S/C8H7ClOS/c1-2-3-6(10)7-4-5-8(9)11-7/h2-5H,1H3/b3-2+. The van der Waals surface area contributed by atoms with Crippen LogP contribution in [0.25, 0.3) is 0 Å².